The van der Waals surface area contributed by atoms with E-state index in [1.165, 1.54) is 5.57 Å². The van der Waals surface area contributed by atoms with Crippen molar-refractivity contribution in [3.05, 3.63) is 12.2 Å². The first-order valence-electron chi connectivity index (χ1n) is 17.4. The van der Waals surface area contributed by atoms with Crippen molar-refractivity contribution in [3.63, 3.8) is 0 Å². The summed E-state index contributed by atoms with van der Waals surface area (Å²) in [6, 6.07) is 0. The third-order valence-electron chi connectivity index (χ3n) is 15.6. The fourth-order valence-electron chi connectivity index (χ4n) is 13.1. The van der Waals surface area contributed by atoms with Crippen LogP contribution in [0.3, 0.4) is 0 Å². The lowest BCUT2D eigenvalue weighted by molar-refractivity contribution is -0.331. The number of allylic oxidation sites excluding steroid dienone is 1. The number of ether oxygens (including phenoxy) is 2. The molecular weight excluding hydrogens is 558 g/mol. The van der Waals surface area contributed by atoms with Gasteiger partial charge in [-0.2, -0.15) is 0 Å². The third-order valence-corrected chi connectivity index (χ3v) is 15.6. The van der Waals surface area contributed by atoms with Gasteiger partial charge in [0.25, 0.3) is 0 Å². The molecule has 0 aromatic rings. The van der Waals surface area contributed by atoms with E-state index in [2.05, 4.69) is 48.1 Å². The Balaban J connectivity index is 1.27. The van der Waals surface area contributed by atoms with Crippen LogP contribution in [0, 0.1) is 56.7 Å². The first-order valence-corrected chi connectivity index (χ1v) is 17.4. The minimum Gasteiger partial charge on any atom is -0.394 e. The van der Waals surface area contributed by atoms with Crippen molar-refractivity contribution >= 4 is 5.91 Å². The Morgan fingerprint density at radius 1 is 0.864 bits per heavy atom. The molecule has 1 aliphatic heterocycles. The van der Waals surface area contributed by atoms with Crippen molar-refractivity contribution in [2.45, 2.75) is 143 Å². The molecule has 5 aliphatic carbocycles. The average Bonchev–Trinajstić information content (AvgIpc) is 3.36. The topological polar surface area (TPSA) is 142 Å². The molecule has 1 unspecified atom stereocenters. The molecule has 8 nitrogen and oxygen atoms in total. The monoisotopic (exact) mass is 617 g/mol. The molecule has 1 saturated heterocycles. The fourth-order valence-corrected chi connectivity index (χ4v) is 13.1. The molecule has 44 heavy (non-hydrogen) atoms. The van der Waals surface area contributed by atoms with Crippen LogP contribution in [0.25, 0.3) is 0 Å². The highest BCUT2D eigenvalue weighted by molar-refractivity contribution is 5.82. The summed E-state index contributed by atoms with van der Waals surface area (Å²) in [5.41, 5.74) is 7.24. The van der Waals surface area contributed by atoms with Crippen LogP contribution >= 0.6 is 0 Å². The van der Waals surface area contributed by atoms with Gasteiger partial charge in [-0.1, -0.05) is 46.8 Å². The number of aliphatic hydroxyl groups is 4. The Kier molecular flexibility index (Phi) is 8.03. The Bertz CT molecular complexity index is 1160. The number of hydrogen-bond donors (Lipinski definition) is 5. The molecule has 8 heteroatoms. The van der Waals surface area contributed by atoms with Gasteiger partial charge in [0.15, 0.2) is 6.29 Å². The van der Waals surface area contributed by atoms with E-state index in [1.807, 2.05) is 0 Å². The molecule has 250 valence electrons. The molecule has 0 radical (unpaired) electrons. The predicted molar refractivity (Wildman–Crippen MR) is 167 cm³/mol. The smallest absolute Gasteiger partial charge is 0.223 e. The van der Waals surface area contributed by atoms with Crippen LogP contribution in [0.4, 0.5) is 0 Å². The molecule has 6 rings (SSSR count). The van der Waals surface area contributed by atoms with Crippen molar-refractivity contribution in [2.24, 2.45) is 62.4 Å². The second-order valence-electron chi connectivity index (χ2n) is 17.4. The highest BCUT2D eigenvalue weighted by Crippen LogP contribution is 2.77. The fraction of sp³-hybridized carbons (Fsp3) is 0.917. The minimum absolute atomic E-state index is 0.0873. The first kappa shape index (κ1) is 32.9. The molecule has 5 saturated carbocycles. The van der Waals surface area contributed by atoms with Gasteiger partial charge in [0.1, 0.15) is 24.4 Å². The number of rotatable bonds is 5. The first-order chi connectivity index (χ1) is 20.5. The van der Waals surface area contributed by atoms with Gasteiger partial charge in [-0.25, -0.2) is 0 Å². The van der Waals surface area contributed by atoms with E-state index in [0.29, 0.717) is 29.6 Å². The maximum Gasteiger partial charge on any atom is 0.223 e. The summed E-state index contributed by atoms with van der Waals surface area (Å²) in [7, 11) is 0. The number of primary amides is 1. The van der Waals surface area contributed by atoms with Crippen molar-refractivity contribution in [2.75, 3.05) is 6.61 Å². The summed E-state index contributed by atoms with van der Waals surface area (Å²) in [6.07, 6.45) is 3.71. The largest absolute Gasteiger partial charge is 0.394 e. The number of hydrogen-bond acceptors (Lipinski definition) is 7. The van der Waals surface area contributed by atoms with E-state index < -0.39 is 37.3 Å². The lowest BCUT2D eigenvalue weighted by atomic mass is 9.32. The second-order valence-corrected chi connectivity index (χ2v) is 17.4. The van der Waals surface area contributed by atoms with Gasteiger partial charge in [0.05, 0.1) is 18.1 Å². The molecular formula is C36H59NO7. The number of nitrogens with two attached hydrogens (primary N) is 1. The average molecular weight is 618 g/mol. The lowest BCUT2D eigenvalue weighted by Crippen LogP contribution is -2.67. The third kappa shape index (κ3) is 4.26. The molecule has 6 fully saturated rings. The molecule has 0 aromatic carbocycles. The second kappa shape index (κ2) is 10.7. The van der Waals surface area contributed by atoms with E-state index >= 15 is 0 Å². The highest BCUT2D eigenvalue weighted by atomic mass is 16.7. The maximum absolute atomic E-state index is 13.2. The molecule has 15 atom stereocenters. The summed E-state index contributed by atoms with van der Waals surface area (Å²) in [4.78, 5) is 13.2. The van der Waals surface area contributed by atoms with E-state index in [9.17, 15) is 25.2 Å². The van der Waals surface area contributed by atoms with Gasteiger partial charge >= 0.3 is 0 Å². The lowest BCUT2D eigenvalue weighted by Gasteiger charge is -2.73. The number of fused-ring (bicyclic) bond motifs is 7. The minimum atomic E-state index is -1.44. The SMILES string of the molecule is C=C(C)[C@@H]1CC[C@]2(C(N)=O)CC[C@]3(C)[C@H](CC[C@@H]4[C@@]5(C)CC[C@H](OC6O[C@H](CO)[C@@H](O)[C@@H](O)[C@@H]6O)C(C)(C)[C@@H]5CC[C@]43C)[C@@H]12. The Hall–Kier alpha value is -1.03. The van der Waals surface area contributed by atoms with Gasteiger partial charge in [0, 0.05) is 0 Å². The summed E-state index contributed by atoms with van der Waals surface area (Å²) in [5.74, 6) is 1.99. The molecule has 0 bridgehead atoms. The van der Waals surface area contributed by atoms with Crippen molar-refractivity contribution < 1.29 is 34.7 Å². The Labute approximate surface area is 264 Å². The molecule has 0 spiro atoms. The molecule has 1 amide bonds. The normalized spacial score (nSPS) is 54.8. The van der Waals surface area contributed by atoms with E-state index in [0.717, 1.165) is 64.2 Å². The zero-order valence-electron chi connectivity index (χ0n) is 27.9. The van der Waals surface area contributed by atoms with Crippen LogP contribution in [-0.2, 0) is 14.3 Å². The van der Waals surface area contributed by atoms with Crippen molar-refractivity contribution in [1.82, 2.24) is 0 Å². The van der Waals surface area contributed by atoms with Gasteiger partial charge in [0.2, 0.25) is 5.91 Å². The molecule has 6 aliphatic rings. The summed E-state index contributed by atoms with van der Waals surface area (Å²) < 4.78 is 12.3. The standard InChI is InChI=1S/C36H59NO7/c1-19(2)20-10-15-36(31(37)42)17-16-34(6)21(26(20)36)8-9-24-33(5)13-12-25(32(3,4)23(33)11-14-35(24,34)7)44-30-29(41)28(40)27(39)22(18-38)43-30/h20-30,38-41H,1,8-18H2,2-7H3,(H2,37,42)/t20-,21+,22+,23-,24+,25-,26+,27+,28+,29-,30?,33-,34+,35+,36-/m0/s1. The van der Waals surface area contributed by atoms with E-state index in [4.69, 9.17) is 15.2 Å². The van der Waals surface area contributed by atoms with Crippen LogP contribution in [-0.4, -0.2) is 69.8 Å². The quantitative estimate of drug-likeness (QED) is 0.229. The van der Waals surface area contributed by atoms with Gasteiger partial charge in [-0.15, -0.1) is 0 Å². The van der Waals surface area contributed by atoms with Gasteiger partial charge < -0.3 is 35.6 Å². The van der Waals surface area contributed by atoms with Crippen molar-refractivity contribution in [1.29, 1.82) is 0 Å². The highest BCUT2D eigenvalue weighted by Gasteiger charge is 2.72. The molecule has 0 aromatic heterocycles. The zero-order valence-corrected chi connectivity index (χ0v) is 27.9. The zero-order chi connectivity index (χ0) is 32.2. The molecule has 1 heterocycles. The number of amides is 1. The van der Waals surface area contributed by atoms with E-state index in [-0.39, 0.29) is 39.1 Å². The van der Waals surface area contributed by atoms with Crippen LogP contribution in [0.1, 0.15) is 106 Å². The Morgan fingerprint density at radius 3 is 2.20 bits per heavy atom. The number of carbonyl (C=O) groups is 1. The van der Waals surface area contributed by atoms with Crippen LogP contribution in [0.2, 0.25) is 0 Å². The van der Waals surface area contributed by atoms with Crippen LogP contribution in [0.5, 0.6) is 0 Å². The molecule has 6 N–H and O–H groups in total. The Morgan fingerprint density at radius 2 is 1.57 bits per heavy atom. The van der Waals surface area contributed by atoms with Crippen LogP contribution in [0.15, 0.2) is 12.2 Å². The number of aliphatic hydroxyl groups excluding tert-OH is 4. The van der Waals surface area contributed by atoms with Crippen molar-refractivity contribution in [3.8, 4) is 0 Å². The summed E-state index contributed by atoms with van der Waals surface area (Å²) >= 11 is 0. The maximum atomic E-state index is 13.2. The summed E-state index contributed by atoms with van der Waals surface area (Å²) in [5, 5.41) is 41.1. The van der Waals surface area contributed by atoms with E-state index in [1.54, 1.807) is 0 Å². The predicted octanol–water partition coefficient (Wildman–Crippen LogP) is 4.31. The van der Waals surface area contributed by atoms with Crippen LogP contribution < -0.4 is 5.73 Å². The summed E-state index contributed by atoms with van der Waals surface area (Å²) in [6.45, 7) is 18.3. The van der Waals surface area contributed by atoms with Gasteiger partial charge in [-0.3, -0.25) is 4.79 Å². The van der Waals surface area contributed by atoms with Gasteiger partial charge in [-0.05, 0) is 122 Å². The number of carbonyl (C=O) groups excluding carboxylic acids is 1.